The molecule has 17 heavy (non-hydrogen) atoms. The van der Waals surface area contributed by atoms with Gasteiger partial charge in [-0.1, -0.05) is 25.1 Å². The van der Waals surface area contributed by atoms with Crippen molar-refractivity contribution in [2.75, 3.05) is 0 Å². The Hall–Kier alpha value is -1.63. The SMILES string of the molecule is Cc1ccc2[n+](c1)C(C)C(C)c1ccccc1-2. The van der Waals surface area contributed by atoms with Crippen LogP contribution in [0.3, 0.4) is 0 Å². The minimum Gasteiger partial charge on any atom is -0.195 e. The van der Waals surface area contributed by atoms with Crippen molar-refractivity contribution in [1.29, 1.82) is 0 Å². The van der Waals surface area contributed by atoms with Crippen molar-refractivity contribution in [3.63, 3.8) is 0 Å². The topological polar surface area (TPSA) is 3.88 Å². The first-order valence-electron chi connectivity index (χ1n) is 6.29. The van der Waals surface area contributed by atoms with Gasteiger partial charge in [0.25, 0.3) is 0 Å². The van der Waals surface area contributed by atoms with Crippen molar-refractivity contribution in [3.8, 4) is 11.3 Å². The summed E-state index contributed by atoms with van der Waals surface area (Å²) < 4.78 is 2.42. The van der Waals surface area contributed by atoms with Gasteiger partial charge in [-0.05, 0) is 31.5 Å². The Labute approximate surface area is 103 Å². The van der Waals surface area contributed by atoms with E-state index in [-0.39, 0.29) is 0 Å². The van der Waals surface area contributed by atoms with Crippen molar-refractivity contribution in [2.45, 2.75) is 32.7 Å². The van der Waals surface area contributed by atoms with Gasteiger partial charge in [-0.2, -0.15) is 4.57 Å². The van der Waals surface area contributed by atoms with Gasteiger partial charge in [0, 0.05) is 23.1 Å². The maximum Gasteiger partial charge on any atom is 0.213 e. The Morgan fingerprint density at radius 1 is 1.00 bits per heavy atom. The summed E-state index contributed by atoms with van der Waals surface area (Å²) in [6.07, 6.45) is 2.27. The Morgan fingerprint density at radius 2 is 1.76 bits per heavy atom. The first-order valence-corrected chi connectivity index (χ1v) is 6.29. The van der Waals surface area contributed by atoms with Crippen molar-refractivity contribution in [3.05, 3.63) is 53.7 Å². The number of hydrogen-bond donors (Lipinski definition) is 0. The molecule has 2 aromatic rings. The van der Waals surface area contributed by atoms with Crippen molar-refractivity contribution in [1.82, 2.24) is 0 Å². The van der Waals surface area contributed by atoms with Crippen LogP contribution in [0.2, 0.25) is 0 Å². The van der Waals surface area contributed by atoms with Crippen LogP contribution in [0.1, 0.15) is 36.9 Å². The molecule has 0 bridgehead atoms. The van der Waals surface area contributed by atoms with Crippen molar-refractivity contribution in [2.24, 2.45) is 0 Å². The molecule has 1 heteroatoms. The molecule has 0 radical (unpaired) electrons. The van der Waals surface area contributed by atoms with Crippen LogP contribution in [0, 0.1) is 6.92 Å². The van der Waals surface area contributed by atoms with E-state index in [1.165, 1.54) is 22.4 Å². The summed E-state index contributed by atoms with van der Waals surface area (Å²) in [5, 5.41) is 0. The minimum atomic E-state index is 0.528. The lowest BCUT2D eigenvalue weighted by atomic mass is 9.85. The van der Waals surface area contributed by atoms with Crippen LogP contribution in [0.15, 0.2) is 42.6 Å². The van der Waals surface area contributed by atoms with Gasteiger partial charge >= 0.3 is 0 Å². The number of aromatic nitrogens is 1. The molecule has 0 aliphatic carbocycles. The van der Waals surface area contributed by atoms with Gasteiger partial charge < -0.3 is 0 Å². The predicted octanol–water partition coefficient (Wildman–Crippen LogP) is 3.63. The van der Waals surface area contributed by atoms with Crippen LogP contribution in [-0.4, -0.2) is 0 Å². The van der Waals surface area contributed by atoms with Gasteiger partial charge in [0.1, 0.15) is 0 Å². The van der Waals surface area contributed by atoms with Crippen LogP contribution < -0.4 is 4.57 Å². The third kappa shape index (κ3) is 1.49. The summed E-state index contributed by atoms with van der Waals surface area (Å²) in [4.78, 5) is 0. The predicted molar refractivity (Wildman–Crippen MR) is 69.9 cm³/mol. The Kier molecular flexibility index (Phi) is 2.29. The molecule has 2 atom stereocenters. The second-order valence-corrected chi connectivity index (χ2v) is 5.12. The fraction of sp³-hybridized carbons (Fsp3) is 0.312. The lowest BCUT2D eigenvalue weighted by molar-refractivity contribution is -0.714. The van der Waals surface area contributed by atoms with Crippen molar-refractivity contribution >= 4 is 0 Å². The van der Waals surface area contributed by atoms with Crippen LogP contribution in [-0.2, 0) is 0 Å². The van der Waals surface area contributed by atoms with Crippen molar-refractivity contribution < 1.29 is 4.57 Å². The molecule has 0 amide bonds. The average molecular weight is 224 g/mol. The number of pyridine rings is 1. The first kappa shape index (κ1) is 10.5. The highest BCUT2D eigenvalue weighted by Crippen LogP contribution is 2.37. The molecule has 0 spiro atoms. The van der Waals surface area contributed by atoms with E-state index in [0.717, 1.165) is 0 Å². The highest BCUT2D eigenvalue weighted by Gasteiger charge is 2.33. The van der Waals surface area contributed by atoms with E-state index in [1.807, 2.05) is 0 Å². The van der Waals surface area contributed by atoms with Crippen LogP contribution in [0.25, 0.3) is 11.3 Å². The summed E-state index contributed by atoms with van der Waals surface area (Å²) in [6, 6.07) is 13.7. The standard InChI is InChI=1S/C16H18N/c1-11-8-9-16-15-7-5-4-6-14(15)12(2)13(3)17(16)10-11/h4-10,12-13H,1-3H3/q+1. The molecule has 1 aromatic carbocycles. The zero-order valence-corrected chi connectivity index (χ0v) is 10.6. The van der Waals surface area contributed by atoms with E-state index in [1.54, 1.807) is 0 Å². The highest BCUT2D eigenvalue weighted by atomic mass is 15.0. The second kappa shape index (κ2) is 3.69. The summed E-state index contributed by atoms with van der Waals surface area (Å²) in [5.41, 5.74) is 5.53. The molecule has 0 N–H and O–H groups in total. The monoisotopic (exact) mass is 224 g/mol. The summed E-state index contributed by atoms with van der Waals surface area (Å²) in [5.74, 6) is 0.575. The Morgan fingerprint density at radius 3 is 2.59 bits per heavy atom. The van der Waals surface area contributed by atoms with E-state index in [4.69, 9.17) is 0 Å². The molecular formula is C16H18N+. The number of benzene rings is 1. The number of hydrogen-bond acceptors (Lipinski definition) is 0. The summed E-state index contributed by atoms with van der Waals surface area (Å²) in [6.45, 7) is 6.79. The molecule has 1 aliphatic rings. The molecule has 1 aliphatic heterocycles. The maximum absolute atomic E-state index is 2.42. The number of rotatable bonds is 0. The molecular weight excluding hydrogens is 206 g/mol. The molecule has 0 saturated carbocycles. The van der Waals surface area contributed by atoms with Gasteiger partial charge in [-0.3, -0.25) is 0 Å². The normalized spacial score (nSPS) is 21.8. The average Bonchev–Trinajstić information content (AvgIpc) is 2.36. The molecule has 0 fully saturated rings. The lowest BCUT2D eigenvalue weighted by Gasteiger charge is -2.25. The molecule has 3 rings (SSSR count). The zero-order chi connectivity index (χ0) is 12.0. The molecule has 1 nitrogen and oxygen atoms in total. The lowest BCUT2D eigenvalue weighted by Crippen LogP contribution is -2.45. The minimum absolute atomic E-state index is 0.528. The van der Waals surface area contributed by atoms with E-state index >= 15 is 0 Å². The molecule has 2 heterocycles. The van der Waals surface area contributed by atoms with Crippen LogP contribution in [0.5, 0.6) is 0 Å². The Balaban J connectivity index is 2.32. The molecule has 0 saturated heterocycles. The second-order valence-electron chi connectivity index (χ2n) is 5.12. The summed E-state index contributed by atoms with van der Waals surface area (Å²) in [7, 11) is 0. The van der Waals surface area contributed by atoms with E-state index in [9.17, 15) is 0 Å². The van der Waals surface area contributed by atoms with Gasteiger partial charge in [0.05, 0.1) is 0 Å². The fourth-order valence-corrected chi connectivity index (χ4v) is 2.82. The van der Waals surface area contributed by atoms with Crippen LogP contribution in [0.4, 0.5) is 0 Å². The molecule has 86 valence electrons. The number of aryl methyl sites for hydroxylation is 1. The quantitative estimate of drug-likeness (QED) is 0.602. The van der Waals surface area contributed by atoms with E-state index < -0.39 is 0 Å². The maximum atomic E-state index is 2.42. The molecule has 2 unspecified atom stereocenters. The highest BCUT2D eigenvalue weighted by molar-refractivity contribution is 5.63. The van der Waals surface area contributed by atoms with Gasteiger partial charge in [0.2, 0.25) is 5.69 Å². The van der Waals surface area contributed by atoms with Crippen LogP contribution >= 0.6 is 0 Å². The van der Waals surface area contributed by atoms with Gasteiger partial charge in [0.15, 0.2) is 12.2 Å². The van der Waals surface area contributed by atoms with Gasteiger partial charge in [-0.15, -0.1) is 0 Å². The third-order valence-corrected chi connectivity index (χ3v) is 4.01. The Bertz CT molecular complexity index is 571. The van der Waals surface area contributed by atoms with E-state index in [0.29, 0.717) is 12.0 Å². The van der Waals surface area contributed by atoms with Gasteiger partial charge in [-0.25, -0.2) is 0 Å². The molecule has 1 aromatic heterocycles. The number of fused-ring (bicyclic) bond motifs is 3. The van der Waals surface area contributed by atoms with E-state index in [2.05, 4.69) is 67.9 Å². The summed E-state index contributed by atoms with van der Waals surface area (Å²) >= 11 is 0. The smallest absolute Gasteiger partial charge is 0.195 e. The first-order chi connectivity index (χ1) is 8.18. The number of nitrogens with zero attached hydrogens (tertiary/aromatic N) is 1. The zero-order valence-electron chi connectivity index (χ0n) is 10.6. The largest absolute Gasteiger partial charge is 0.213 e. The third-order valence-electron chi connectivity index (χ3n) is 4.01. The fourth-order valence-electron chi connectivity index (χ4n) is 2.82.